The van der Waals surface area contributed by atoms with Gasteiger partial charge < -0.3 is 19.3 Å². The highest BCUT2D eigenvalue weighted by Gasteiger charge is 2.40. The van der Waals surface area contributed by atoms with Gasteiger partial charge in [0.1, 0.15) is 17.3 Å². The smallest absolute Gasteiger partial charge is 0.265 e. The van der Waals surface area contributed by atoms with Crippen LogP contribution in [0.4, 0.5) is 10.1 Å². The molecule has 0 spiro atoms. The van der Waals surface area contributed by atoms with Crippen molar-refractivity contribution in [1.82, 2.24) is 4.90 Å². The van der Waals surface area contributed by atoms with E-state index in [-0.39, 0.29) is 24.2 Å². The molecule has 1 fully saturated rings. The van der Waals surface area contributed by atoms with Crippen LogP contribution >= 0.6 is 11.6 Å². The largest absolute Gasteiger partial charge is 0.495 e. The van der Waals surface area contributed by atoms with Gasteiger partial charge in [0.2, 0.25) is 5.91 Å². The van der Waals surface area contributed by atoms with Crippen LogP contribution in [0.3, 0.4) is 0 Å². The van der Waals surface area contributed by atoms with Crippen molar-refractivity contribution in [3.05, 3.63) is 52.8 Å². The topological polar surface area (TPSA) is 82.9 Å². The zero-order valence-corrected chi connectivity index (χ0v) is 19.8. The number of halogens is 2. The summed E-state index contributed by atoms with van der Waals surface area (Å²) in [6.45, 7) is 2.28. The SMILES string of the molecule is COc1cc2c(cc1Cl)N(C(C)=O)CC(C(=O)N1CCC(C#N)(Cc3ccc(F)cc3)CC1)O2. The van der Waals surface area contributed by atoms with E-state index in [1.54, 1.807) is 29.2 Å². The molecular weight excluding hydrogens is 461 g/mol. The van der Waals surface area contributed by atoms with Crippen LogP contribution in [0.2, 0.25) is 5.02 Å². The quantitative estimate of drug-likeness (QED) is 0.654. The molecule has 0 aromatic heterocycles. The summed E-state index contributed by atoms with van der Waals surface area (Å²) in [6.07, 6.45) is 0.609. The van der Waals surface area contributed by atoms with E-state index in [1.807, 2.05) is 0 Å². The molecule has 1 saturated heterocycles. The van der Waals surface area contributed by atoms with Crippen LogP contribution in [-0.2, 0) is 16.0 Å². The maximum Gasteiger partial charge on any atom is 0.265 e. The molecule has 2 aromatic carbocycles. The number of carbonyl (C=O) groups excluding carboxylic acids is 2. The normalized spacial score (nSPS) is 19.0. The predicted molar refractivity (Wildman–Crippen MR) is 124 cm³/mol. The number of carbonyl (C=O) groups is 2. The molecule has 2 aliphatic rings. The summed E-state index contributed by atoms with van der Waals surface area (Å²) < 4.78 is 24.5. The van der Waals surface area contributed by atoms with E-state index >= 15 is 0 Å². The molecule has 7 nitrogen and oxygen atoms in total. The molecule has 34 heavy (non-hydrogen) atoms. The molecule has 2 amide bonds. The summed E-state index contributed by atoms with van der Waals surface area (Å²) in [4.78, 5) is 28.8. The van der Waals surface area contributed by atoms with Crippen molar-refractivity contribution in [3.63, 3.8) is 0 Å². The van der Waals surface area contributed by atoms with Gasteiger partial charge in [-0.2, -0.15) is 5.26 Å². The number of amides is 2. The second-order valence-electron chi connectivity index (χ2n) is 8.71. The minimum absolute atomic E-state index is 0.0687. The van der Waals surface area contributed by atoms with Gasteiger partial charge in [-0.05, 0) is 43.0 Å². The number of methoxy groups -OCH3 is 1. The zero-order valence-electron chi connectivity index (χ0n) is 19.0. The van der Waals surface area contributed by atoms with Crippen molar-refractivity contribution < 1.29 is 23.5 Å². The number of fused-ring (bicyclic) bond motifs is 1. The van der Waals surface area contributed by atoms with Crippen molar-refractivity contribution in [2.45, 2.75) is 32.3 Å². The molecule has 178 valence electrons. The first-order chi connectivity index (χ1) is 16.2. The van der Waals surface area contributed by atoms with Crippen LogP contribution < -0.4 is 14.4 Å². The Hall–Kier alpha value is -3.31. The first kappa shape index (κ1) is 23.8. The van der Waals surface area contributed by atoms with Gasteiger partial charge in [-0.15, -0.1) is 0 Å². The lowest BCUT2D eigenvalue weighted by Gasteiger charge is -2.40. The summed E-state index contributed by atoms with van der Waals surface area (Å²) in [5, 5.41) is 10.2. The average Bonchev–Trinajstić information content (AvgIpc) is 2.84. The summed E-state index contributed by atoms with van der Waals surface area (Å²) >= 11 is 6.22. The lowest BCUT2D eigenvalue weighted by molar-refractivity contribution is -0.140. The van der Waals surface area contributed by atoms with E-state index in [4.69, 9.17) is 21.1 Å². The molecule has 9 heteroatoms. The number of piperidine rings is 1. The van der Waals surface area contributed by atoms with Gasteiger partial charge in [0.15, 0.2) is 6.10 Å². The Bertz CT molecular complexity index is 1140. The third-order valence-corrected chi connectivity index (χ3v) is 6.82. The van der Waals surface area contributed by atoms with Gasteiger partial charge >= 0.3 is 0 Å². The Morgan fingerprint density at radius 3 is 2.53 bits per heavy atom. The van der Waals surface area contributed by atoms with Crippen LogP contribution in [0.5, 0.6) is 11.5 Å². The van der Waals surface area contributed by atoms with Crippen LogP contribution in [0.15, 0.2) is 36.4 Å². The standard InChI is InChI=1S/C25H25ClFN3O4/c1-16(31)30-14-23(34-22-12-21(33-2)19(26)11-20(22)30)24(32)29-9-7-25(15-28,8-10-29)13-17-3-5-18(27)6-4-17/h3-6,11-12,23H,7-10,13-14H2,1-2H3. The van der Waals surface area contributed by atoms with E-state index < -0.39 is 11.5 Å². The fourth-order valence-electron chi connectivity index (χ4n) is 4.55. The van der Waals surface area contributed by atoms with Gasteiger partial charge in [-0.3, -0.25) is 9.59 Å². The lowest BCUT2D eigenvalue weighted by Crippen LogP contribution is -2.54. The number of hydrogen-bond donors (Lipinski definition) is 0. The third-order valence-electron chi connectivity index (χ3n) is 6.52. The van der Waals surface area contributed by atoms with Gasteiger partial charge in [-0.1, -0.05) is 23.7 Å². The monoisotopic (exact) mass is 485 g/mol. The van der Waals surface area contributed by atoms with Crippen molar-refractivity contribution in [2.75, 3.05) is 31.6 Å². The van der Waals surface area contributed by atoms with E-state index in [0.29, 0.717) is 54.6 Å². The fourth-order valence-corrected chi connectivity index (χ4v) is 4.78. The van der Waals surface area contributed by atoms with Gasteiger partial charge in [0.25, 0.3) is 5.91 Å². The number of ether oxygens (including phenoxy) is 2. The van der Waals surface area contributed by atoms with Crippen LogP contribution in [-0.4, -0.2) is 49.6 Å². The highest BCUT2D eigenvalue weighted by molar-refractivity contribution is 6.32. The zero-order chi connectivity index (χ0) is 24.5. The summed E-state index contributed by atoms with van der Waals surface area (Å²) in [5.74, 6) is -0.0526. The molecule has 0 N–H and O–H groups in total. The lowest BCUT2D eigenvalue weighted by atomic mass is 9.75. The molecule has 2 aliphatic heterocycles. The Balaban J connectivity index is 1.48. The Kier molecular flexibility index (Phi) is 6.67. The van der Waals surface area contributed by atoms with Crippen molar-refractivity contribution in [3.8, 4) is 17.6 Å². The molecule has 0 saturated carbocycles. The Morgan fingerprint density at radius 1 is 1.26 bits per heavy atom. The van der Waals surface area contributed by atoms with E-state index in [9.17, 15) is 19.2 Å². The fraction of sp³-hybridized carbons (Fsp3) is 0.400. The van der Waals surface area contributed by atoms with Crippen LogP contribution in [0.25, 0.3) is 0 Å². The first-order valence-corrected chi connectivity index (χ1v) is 11.4. The Morgan fingerprint density at radius 2 is 1.94 bits per heavy atom. The maximum absolute atomic E-state index is 13.3. The number of anilines is 1. The second-order valence-corrected chi connectivity index (χ2v) is 9.12. The van der Waals surface area contributed by atoms with Gasteiger partial charge in [-0.25, -0.2) is 4.39 Å². The molecule has 4 rings (SSSR count). The summed E-state index contributed by atoms with van der Waals surface area (Å²) in [5.41, 5.74) is 0.757. The van der Waals surface area contributed by atoms with Gasteiger partial charge in [0, 0.05) is 26.1 Å². The molecule has 1 unspecified atom stereocenters. The van der Waals surface area contributed by atoms with E-state index in [0.717, 1.165) is 5.56 Å². The molecule has 2 aromatic rings. The Labute approximate surface area is 202 Å². The summed E-state index contributed by atoms with van der Waals surface area (Å²) in [6, 6.07) is 11.8. The van der Waals surface area contributed by atoms with Crippen LogP contribution in [0.1, 0.15) is 25.3 Å². The number of nitriles is 1. The van der Waals surface area contributed by atoms with E-state index in [1.165, 1.54) is 31.1 Å². The number of benzene rings is 2. The molecule has 2 heterocycles. The second kappa shape index (κ2) is 9.51. The molecular formula is C25H25ClFN3O4. The average molecular weight is 486 g/mol. The number of likely N-dealkylation sites (tertiary alicyclic amines) is 1. The van der Waals surface area contributed by atoms with Crippen molar-refractivity contribution in [2.24, 2.45) is 5.41 Å². The molecule has 0 radical (unpaired) electrons. The molecule has 1 atom stereocenters. The maximum atomic E-state index is 13.3. The van der Waals surface area contributed by atoms with Crippen molar-refractivity contribution in [1.29, 1.82) is 5.26 Å². The van der Waals surface area contributed by atoms with Crippen molar-refractivity contribution >= 4 is 29.1 Å². The molecule has 0 bridgehead atoms. The number of hydrogen-bond acceptors (Lipinski definition) is 5. The highest BCUT2D eigenvalue weighted by atomic mass is 35.5. The summed E-state index contributed by atoms with van der Waals surface area (Å²) in [7, 11) is 1.48. The minimum Gasteiger partial charge on any atom is -0.495 e. The molecule has 0 aliphatic carbocycles. The van der Waals surface area contributed by atoms with E-state index in [2.05, 4.69) is 6.07 Å². The first-order valence-electron chi connectivity index (χ1n) is 11.0. The third kappa shape index (κ3) is 4.66. The minimum atomic E-state index is -0.881. The predicted octanol–water partition coefficient (Wildman–Crippen LogP) is 3.98. The number of rotatable bonds is 4. The highest BCUT2D eigenvalue weighted by Crippen LogP contribution is 2.42. The van der Waals surface area contributed by atoms with Crippen LogP contribution in [0, 0.1) is 22.6 Å². The van der Waals surface area contributed by atoms with Gasteiger partial charge in [0.05, 0.1) is 35.8 Å². The number of nitrogens with zero attached hydrogens (tertiary/aromatic N) is 3.